The molecule has 0 atom stereocenters. The first-order valence-electron chi connectivity index (χ1n) is 9.55. The monoisotopic (exact) mass is 666 g/mol. The van der Waals surface area contributed by atoms with Gasteiger partial charge in [0.15, 0.2) is 81.4 Å². The van der Waals surface area contributed by atoms with Crippen molar-refractivity contribution in [3.63, 3.8) is 0 Å². The maximum absolute atomic E-state index is 13.7. The minimum Gasteiger partial charge on any atom is -0.744 e. The molecule has 0 aliphatic rings. The van der Waals surface area contributed by atoms with Crippen LogP contribution in [0.15, 0.2) is 9.79 Å². The third-order valence-electron chi connectivity index (χ3n) is 5.10. The number of halogens is 14. The number of benzene rings is 4. The van der Waals surface area contributed by atoms with Crippen LogP contribution in [-0.4, -0.2) is 25.9 Å². The van der Waals surface area contributed by atoms with E-state index in [2.05, 4.69) is 0 Å². The first-order chi connectivity index (χ1) is 19.0. The summed E-state index contributed by atoms with van der Waals surface area (Å²) < 4.78 is 250. The maximum atomic E-state index is 13.7. The largest absolute Gasteiger partial charge is 0.744 e. The summed E-state index contributed by atoms with van der Waals surface area (Å²) in [5.41, 5.74) is 0. The molecule has 228 valence electrons. The summed E-state index contributed by atoms with van der Waals surface area (Å²) in [6.45, 7) is 0. The molecule has 0 radical (unpaired) electrons. The van der Waals surface area contributed by atoms with Crippen LogP contribution in [0.4, 0.5) is 61.5 Å². The zero-order valence-electron chi connectivity index (χ0n) is 18.6. The zero-order chi connectivity index (χ0) is 32.5. The van der Waals surface area contributed by atoms with Crippen molar-refractivity contribution in [2.75, 3.05) is 0 Å². The van der Waals surface area contributed by atoms with Crippen molar-refractivity contribution in [3.05, 3.63) is 81.4 Å². The molecule has 4 aromatic rings. The molecule has 0 amide bonds. The average Bonchev–Trinajstić information content (AvgIpc) is 2.87. The lowest BCUT2D eigenvalue weighted by Crippen LogP contribution is -2.11. The van der Waals surface area contributed by atoms with Gasteiger partial charge in [-0.3, -0.25) is 0 Å². The molecule has 0 bridgehead atoms. The molecule has 0 fully saturated rings. The molecule has 0 aromatic heterocycles. The molecule has 4 rings (SSSR count). The predicted octanol–water partition coefficient (Wildman–Crippen LogP) is 5.44. The molecular weight excluding hydrogens is 666 g/mol. The van der Waals surface area contributed by atoms with E-state index in [9.17, 15) is 87.4 Å². The van der Waals surface area contributed by atoms with Crippen LogP contribution in [0, 0.1) is 81.4 Å². The molecule has 0 saturated heterocycles. The number of hydrogen-bond acceptors (Lipinski definition) is 6. The van der Waals surface area contributed by atoms with Gasteiger partial charge in [0.1, 0.15) is 30.0 Å². The summed E-state index contributed by atoms with van der Waals surface area (Å²) >= 11 is 0. The van der Waals surface area contributed by atoms with E-state index < -0.39 is 133 Å². The molecule has 0 aliphatic carbocycles. The minimum absolute atomic E-state index is 1.99. The Morgan fingerprint density at radius 1 is 0.286 bits per heavy atom. The molecule has 0 spiro atoms. The Balaban J connectivity index is 0.000000230. The lowest BCUT2D eigenvalue weighted by atomic mass is 10.1. The van der Waals surface area contributed by atoms with Gasteiger partial charge in [-0.2, -0.15) is 0 Å². The highest BCUT2D eigenvalue weighted by molar-refractivity contribution is 7.86. The standard InChI is InChI=1S/2C10HF7O3S/c11-3-1-2(4(12)8(16)7(3)15)6(14)10(21(18,19)20)9(17)5(1)13;11-3-1-2(5(13)7(15)6(3)14)10(21(18,19)20)9(17)8(16)4(1)12/h2*(H,18,19,20)/p-2. The Kier molecular flexibility index (Phi) is 8.19. The van der Waals surface area contributed by atoms with Crippen LogP contribution in [-0.2, 0) is 20.2 Å². The van der Waals surface area contributed by atoms with E-state index in [1.54, 1.807) is 0 Å². The fourth-order valence-electron chi connectivity index (χ4n) is 3.38. The average molecular weight is 666 g/mol. The normalized spacial score (nSPS) is 12.2. The molecule has 6 nitrogen and oxygen atoms in total. The molecule has 0 aliphatic heterocycles. The van der Waals surface area contributed by atoms with Crippen LogP contribution in [0.1, 0.15) is 0 Å². The fraction of sp³-hybridized carbons (Fsp3) is 0. The fourth-order valence-corrected chi connectivity index (χ4v) is 4.77. The van der Waals surface area contributed by atoms with Crippen LogP contribution in [0.3, 0.4) is 0 Å². The number of rotatable bonds is 2. The van der Waals surface area contributed by atoms with E-state index >= 15 is 0 Å². The van der Waals surface area contributed by atoms with Gasteiger partial charge < -0.3 is 9.11 Å². The summed E-state index contributed by atoms with van der Waals surface area (Å²) in [6.07, 6.45) is 0. The molecule has 0 saturated carbocycles. The Morgan fingerprint density at radius 2 is 0.500 bits per heavy atom. The minimum atomic E-state index is -6.00. The summed E-state index contributed by atoms with van der Waals surface area (Å²) in [5.74, 6) is -36.0. The lowest BCUT2D eigenvalue weighted by molar-refractivity contribution is 0.401. The second-order valence-electron chi connectivity index (χ2n) is 7.46. The topological polar surface area (TPSA) is 114 Å². The van der Waals surface area contributed by atoms with Crippen molar-refractivity contribution < 1.29 is 87.4 Å². The van der Waals surface area contributed by atoms with E-state index in [0.717, 1.165) is 0 Å². The van der Waals surface area contributed by atoms with Crippen molar-refractivity contribution >= 4 is 41.8 Å². The highest BCUT2D eigenvalue weighted by Crippen LogP contribution is 2.37. The van der Waals surface area contributed by atoms with Crippen LogP contribution < -0.4 is 0 Å². The van der Waals surface area contributed by atoms with E-state index in [1.807, 2.05) is 0 Å². The van der Waals surface area contributed by atoms with Crippen molar-refractivity contribution in [1.82, 2.24) is 0 Å². The van der Waals surface area contributed by atoms with Gasteiger partial charge in [-0.1, -0.05) is 0 Å². The summed E-state index contributed by atoms with van der Waals surface area (Å²) in [6, 6.07) is 0. The summed E-state index contributed by atoms with van der Waals surface area (Å²) in [5, 5.41) is -8.09. The molecule has 4 aromatic carbocycles. The van der Waals surface area contributed by atoms with E-state index in [4.69, 9.17) is 0 Å². The van der Waals surface area contributed by atoms with Gasteiger partial charge in [-0.15, -0.1) is 0 Å². The van der Waals surface area contributed by atoms with Gasteiger partial charge in [-0.05, 0) is 0 Å². The first-order valence-corrected chi connectivity index (χ1v) is 12.4. The quantitative estimate of drug-likeness (QED) is 0.122. The van der Waals surface area contributed by atoms with E-state index in [1.165, 1.54) is 0 Å². The Bertz CT molecular complexity index is 2060. The van der Waals surface area contributed by atoms with Gasteiger partial charge in [0.05, 0.1) is 16.2 Å². The SMILES string of the molecule is O=S(=O)([O-])c1c(F)c(F)c(F)c2c(F)c(F)c(F)c(F)c12.O=S(=O)([O-])c1c(F)c(F)c2c(F)c(F)c(F)c(F)c2c1F. The Labute approximate surface area is 220 Å². The van der Waals surface area contributed by atoms with Gasteiger partial charge in [0, 0.05) is 5.39 Å². The molecule has 22 heteroatoms. The highest BCUT2D eigenvalue weighted by atomic mass is 32.2. The molecule has 0 unspecified atom stereocenters. The maximum Gasteiger partial charge on any atom is 0.198 e. The molecule has 0 heterocycles. The lowest BCUT2D eigenvalue weighted by Gasteiger charge is -2.15. The molecule has 42 heavy (non-hydrogen) atoms. The van der Waals surface area contributed by atoms with Crippen LogP contribution >= 0.6 is 0 Å². The molecular formula is C20F14O6S2-2. The second-order valence-corrected chi connectivity index (χ2v) is 10.1. The zero-order valence-corrected chi connectivity index (χ0v) is 20.2. The van der Waals surface area contributed by atoms with Crippen molar-refractivity contribution in [2.24, 2.45) is 0 Å². The summed E-state index contributed by atoms with van der Waals surface area (Å²) in [7, 11) is -12.0. The van der Waals surface area contributed by atoms with Crippen LogP contribution in [0.5, 0.6) is 0 Å². The smallest absolute Gasteiger partial charge is 0.198 e. The van der Waals surface area contributed by atoms with Crippen molar-refractivity contribution in [3.8, 4) is 0 Å². The number of hydrogen-bond donors (Lipinski definition) is 0. The summed E-state index contributed by atoms with van der Waals surface area (Å²) in [4.78, 5) is -4.82. The first kappa shape index (κ1) is 32.8. The highest BCUT2D eigenvalue weighted by Gasteiger charge is 2.34. The van der Waals surface area contributed by atoms with E-state index in [0.29, 0.717) is 0 Å². The third-order valence-corrected chi connectivity index (χ3v) is 6.84. The van der Waals surface area contributed by atoms with Gasteiger partial charge >= 0.3 is 0 Å². The Morgan fingerprint density at radius 3 is 0.833 bits per heavy atom. The predicted molar refractivity (Wildman–Crippen MR) is 103 cm³/mol. The number of fused-ring (bicyclic) bond motifs is 2. The van der Waals surface area contributed by atoms with Gasteiger partial charge in [0.2, 0.25) is 0 Å². The van der Waals surface area contributed by atoms with Crippen molar-refractivity contribution in [1.29, 1.82) is 0 Å². The molecule has 0 N–H and O–H groups in total. The Hall–Kier alpha value is -3.76. The van der Waals surface area contributed by atoms with Crippen molar-refractivity contribution in [2.45, 2.75) is 9.79 Å². The van der Waals surface area contributed by atoms with Gasteiger partial charge in [-0.25, -0.2) is 78.3 Å². The van der Waals surface area contributed by atoms with Gasteiger partial charge in [0.25, 0.3) is 0 Å². The second kappa shape index (κ2) is 10.5. The van der Waals surface area contributed by atoms with Crippen LogP contribution in [0.2, 0.25) is 0 Å². The van der Waals surface area contributed by atoms with E-state index in [-0.39, 0.29) is 0 Å². The van der Waals surface area contributed by atoms with Crippen LogP contribution in [0.25, 0.3) is 21.5 Å². The third kappa shape index (κ3) is 4.86.